The van der Waals surface area contributed by atoms with Gasteiger partial charge in [0.15, 0.2) is 0 Å². The molecule has 1 aliphatic carbocycles. The molecule has 0 aromatic carbocycles. The second kappa shape index (κ2) is 7.80. The van der Waals surface area contributed by atoms with E-state index in [1.807, 2.05) is 18.7 Å². The molecule has 1 aromatic rings. The largest absolute Gasteiger partial charge is 0.356 e. The smallest absolute Gasteiger partial charge is 0.220 e. The summed E-state index contributed by atoms with van der Waals surface area (Å²) in [7, 11) is 1.95. The lowest BCUT2D eigenvalue weighted by molar-refractivity contribution is -0.122. The summed E-state index contributed by atoms with van der Waals surface area (Å²) in [6.07, 6.45) is 4.73. The van der Waals surface area contributed by atoms with Gasteiger partial charge in [-0.15, -0.1) is 12.4 Å². The molecule has 0 unspecified atom stereocenters. The molecule has 0 radical (unpaired) electrons. The molecule has 21 heavy (non-hydrogen) atoms. The van der Waals surface area contributed by atoms with E-state index in [-0.39, 0.29) is 24.4 Å². The first-order valence-electron chi connectivity index (χ1n) is 7.50. The minimum absolute atomic E-state index is 0. The molecule has 1 heterocycles. The molecule has 0 aliphatic heterocycles. The molecule has 1 aliphatic rings. The van der Waals surface area contributed by atoms with E-state index in [4.69, 9.17) is 5.73 Å². The Morgan fingerprint density at radius 2 is 2.14 bits per heavy atom. The lowest BCUT2D eigenvalue weighted by Gasteiger charge is -2.14. The highest BCUT2D eigenvalue weighted by Crippen LogP contribution is 2.26. The van der Waals surface area contributed by atoms with Gasteiger partial charge in [-0.05, 0) is 44.6 Å². The molecule has 0 spiro atoms. The summed E-state index contributed by atoms with van der Waals surface area (Å²) >= 11 is 0. The zero-order chi connectivity index (χ0) is 14.7. The summed E-state index contributed by atoms with van der Waals surface area (Å²) < 4.78 is 1.89. The van der Waals surface area contributed by atoms with E-state index in [2.05, 4.69) is 17.3 Å². The number of nitrogens with zero attached hydrogens (tertiary/aromatic N) is 2. The normalized spacial score (nSPS) is 21.1. The lowest BCUT2D eigenvalue weighted by atomic mass is 10.00. The number of carbonyl (C=O) groups excluding carboxylic acids is 1. The molecule has 0 saturated heterocycles. The van der Waals surface area contributed by atoms with Crippen molar-refractivity contribution in [3.05, 3.63) is 17.0 Å². The molecule has 1 saturated carbocycles. The number of aryl methyl sites for hydroxylation is 2. The van der Waals surface area contributed by atoms with Crippen LogP contribution >= 0.6 is 12.4 Å². The van der Waals surface area contributed by atoms with E-state index in [9.17, 15) is 4.79 Å². The maximum Gasteiger partial charge on any atom is 0.220 e. The number of halogens is 1. The molecular formula is C15H27ClN4O. The van der Waals surface area contributed by atoms with Gasteiger partial charge in [0.1, 0.15) is 0 Å². The van der Waals surface area contributed by atoms with E-state index < -0.39 is 0 Å². The Morgan fingerprint density at radius 1 is 1.43 bits per heavy atom. The van der Waals surface area contributed by atoms with Crippen molar-refractivity contribution >= 4 is 18.3 Å². The third-order valence-corrected chi connectivity index (χ3v) is 4.52. The van der Waals surface area contributed by atoms with Gasteiger partial charge >= 0.3 is 0 Å². The molecular weight excluding hydrogens is 288 g/mol. The van der Waals surface area contributed by atoms with Gasteiger partial charge in [0.2, 0.25) is 5.91 Å². The average molecular weight is 315 g/mol. The van der Waals surface area contributed by atoms with Crippen LogP contribution in [0.1, 0.15) is 42.6 Å². The van der Waals surface area contributed by atoms with Crippen LogP contribution in [0.2, 0.25) is 0 Å². The average Bonchev–Trinajstić information content (AvgIpc) is 2.88. The molecule has 2 atom stereocenters. The molecule has 2 rings (SSSR count). The minimum atomic E-state index is 0. The van der Waals surface area contributed by atoms with Crippen molar-refractivity contribution in [3.63, 3.8) is 0 Å². The molecule has 3 N–H and O–H groups in total. The molecule has 1 fully saturated rings. The zero-order valence-corrected chi connectivity index (χ0v) is 14.0. The van der Waals surface area contributed by atoms with Crippen molar-refractivity contribution in [3.8, 4) is 0 Å². The van der Waals surface area contributed by atoms with Crippen LogP contribution in [0.5, 0.6) is 0 Å². The number of hydrogen-bond donors (Lipinski definition) is 2. The molecule has 1 amide bonds. The number of rotatable bonds is 5. The van der Waals surface area contributed by atoms with Crippen molar-refractivity contribution in [1.82, 2.24) is 15.1 Å². The minimum Gasteiger partial charge on any atom is -0.356 e. The van der Waals surface area contributed by atoms with Gasteiger partial charge in [-0.2, -0.15) is 5.10 Å². The zero-order valence-electron chi connectivity index (χ0n) is 13.2. The van der Waals surface area contributed by atoms with Crippen LogP contribution in [0.25, 0.3) is 0 Å². The molecule has 1 aromatic heterocycles. The van der Waals surface area contributed by atoms with Gasteiger partial charge in [-0.1, -0.05) is 6.42 Å². The van der Waals surface area contributed by atoms with E-state index >= 15 is 0 Å². The van der Waals surface area contributed by atoms with Gasteiger partial charge in [0, 0.05) is 31.7 Å². The van der Waals surface area contributed by atoms with Crippen LogP contribution < -0.4 is 11.1 Å². The quantitative estimate of drug-likeness (QED) is 0.867. The Bertz CT molecular complexity index is 486. The number of aromatic nitrogens is 2. The topological polar surface area (TPSA) is 72.9 Å². The highest BCUT2D eigenvalue weighted by atomic mass is 35.5. The second-order valence-corrected chi connectivity index (χ2v) is 5.93. The van der Waals surface area contributed by atoms with E-state index in [1.54, 1.807) is 0 Å². The predicted molar refractivity (Wildman–Crippen MR) is 86.6 cm³/mol. The van der Waals surface area contributed by atoms with Crippen molar-refractivity contribution in [1.29, 1.82) is 0 Å². The van der Waals surface area contributed by atoms with Gasteiger partial charge in [0.05, 0.1) is 5.69 Å². The van der Waals surface area contributed by atoms with Gasteiger partial charge in [0.25, 0.3) is 0 Å². The van der Waals surface area contributed by atoms with E-state index in [1.165, 1.54) is 11.3 Å². The fourth-order valence-corrected chi connectivity index (χ4v) is 3.14. The summed E-state index contributed by atoms with van der Waals surface area (Å²) in [5, 5.41) is 7.40. The summed E-state index contributed by atoms with van der Waals surface area (Å²) in [4.78, 5) is 11.9. The van der Waals surface area contributed by atoms with Crippen molar-refractivity contribution in [2.75, 3.05) is 6.54 Å². The first kappa shape index (κ1) is 18.0. The van der Waals surface area contributed by atoms with Gasteiger partial charge < -0.3 is 11.1 Å². The van der Waals surface area contributed by atoms with Crippen LogP contribution in [-0.4, -0.2) is 28.3 Å². The van der Waals surface area contributed by atoms with E-state index in [0.29, 0.717) is 18.9 Å². The van der Waals surface area contributed by atoms with Crippen molar-refractivity contribution in [2.24, 2.45) is 18.7 Å². The monoisotopic (exact) mass is 314 g/mol. The summed E-state index contributed by atoms with van der Waals surface area (Å²) in [5.41, 5.74) is 9.47. The molecule has 5 nitrogen and oxygen atoms in total. The van der Waals surface area contributed by atoms with E-state index in [0.717, 1.165) is 31.4 Å². The van der Waals surface area contributed by atoms with Crippen LogP contribution in [0.3, 0.4) is 0 Å². The summed E-state index contributed by atoms with van der Waals surface area (Å²) in [5.74, 6) is 0.503. The third-order valence-electron chi connectivity index (χ3n) is 4.52. The standard InChI is InChI=1S/C15H26N4O.ClH/c1-10-13(11(2)19(3)18-10)7-8-17-15(20)9-12-5-4-6-14(12)16;/h12,14H,4-9,16H2,1-3H3,(H,17,20);1H/t12-,14+;/m0./s1. The number of nitrogens with one attached hydrogen (secondary N) is 1. The van der Waals surface area contributed by atoms with Gasteiger partial charge in [-0.25, -0.2) is 0 Å². The highest BCUT2D eigenvalue weighted by Gasteiger charge is 2.25. The fraction of sp³-hybridized carbons (Fsp3) is 0.733. The van der Waals surface area contributed by atoms with Crippen LogP contribution in [0.4, 0.5) is 0 Å². The van der Waals surface area contributed by atoms with Crippen LogP contribution in [0, 0.1) is 19.8 Å². The molecule has 120 valence electrons. The number of amides is 1. The van der Waals surface area contributed by atoms with Crippen molar-refractivity contribution < 1.29 is 4.79 Å². The first-order valence-corrected chi connectivity index (χ1v) is 7.50. The van der Waals surface area contributed by atoms with Crippen LogP contribution in [0.15, 0.2) is 0 Å². The first-order chi connectivity index (χ1) is 9.49. The van der Waals surface area contributed by atoms with Crippen LogP contribution in [-0.2, 0) is 18.3 Å². The maximum absolute atomic E-state index is 11.9. The Balaban J connectivity index is 0.00000220. The van der Waals surface area contributed by atoms with Crippen molar-refractivity contribution in [2.45, 2.75) is 52.0 Å². The number of hydrogen-bond acceptors (Lipinski definition) is 3. The Kier molecular flexibility index (Phi) is 6.68. The Labute approximate surface area is 133 Å². The highest BCUT2D eigenvalue weighted by molar-refractivity contribution is 5.85. The number of carbonyl (C=O) groups is 1. The third kappa shape index (κ3) is 4.45. The summed E-state index contributed by atoms with van der Waals surface area (Å²) in [6, 6.07) is 0.212. The fourth-order valence-electron chi connectivity index (χ4n) is 3.14. The molecule has 6 heteroatoms. The lowest BCUT2D eigenvalue weighted by Crippen LogP contribution is -2.32. The maximum atomic E-state index is 11.9. The SMILES string of the molecule is Cc1nn(C)c(C)c1CCNC(=O)C[C@@H]1CCC[C@H]1N.Cl. The predicted octanol–water partition coefficient (Wildman–Crippen LogP) is 1.63. The molecule has 0 bridgehead atoms. The second-order valence-electron chi connectivity index (χ2n) is 5.93. The van der Waals surface area contributed by atoms with Gasteiger partial charge in [-0.3, -0.25) is 9.48 Å². The summed E-state index contributed by atoms with van der Waals surface area (Å²) in [6.45, 7) is 4.75. The Hall–Kier alpha value is -1.07. The Morgan fingerprint density at radius 3 is 2.67 bits per heavy atom. The number of nitrogens with two attached hydrogens (primary N) is 1.